The number of nitrogens with one attached hydrogen (secondary N) is 1. The van der Waals surface area contributed by atoms with Gasteiger partial charge in [-0.05, 0) is 49.0 Å². The summed E-state index contributed by atoms with van der Waals surface area (Å²) in [5, 5.41) is -1.85. The van der Waals surface area contributed by atoms with Gasteiger partial charge in [-0.25, -0.2) is 14.4 Å². The molecule has 0 saturated carbocycles. The minimum atomic E-state index is -6.43. The summed E-state index contributed by atoms with van der Waals surface area (Å²) in [6.07, 6.45) is -16.7. The van der Waals surface area contributed by atoms with E-state index < -0.39 is 74.4 Å². The molecule has 3 aromatic rings. The summed E-state index contributed by atoms with van der Waals surface area (Å²) in [7, 11) is 0. The first-order valence-electron chi connectivity index (χ1n) is 10.0. The van der Waals surface area contributed by atoms with Gasteiger partial charge in [0.25, 0.3) is 5.91 Å². The molecule has 0 aliphatic heterocycles. The quantitative estimate of drug-likeness (QED) is 0.228. The highest BCUT2D eigenvalue weighted by Gasteiger charge is 2.74. The summed E-state index contributed by atoms with van der Waals surface area (Å²) >= 11 is 10.00. The largest absolute Gasteiger partial charge is 0.442 e. The standard InChI is InChI=1S/C20H11Cl2F10N5OS/c1-8(34-15(38)9-4-10(17(23,24)25)6-12(22)5-9)14-35-16(36-37(14)13-3-2-11(21)7-33-13)39-18(26,19(27,28)29)20(30,31)32/h2-8H,1H3,(H,34,38). The molecule has 6 nitrogen and oxygen atoms in total. The zero-order valence-electron chi connectivity index (χ0n) is 18.7. The van der Waals surface area contributed by atoms with E-state index in [1.54, 1.807) is 0 Å². The summed E-state index contributed by atoms with van der Waals surface area (Å²) in [4.78, 5) is 20.0. The lowest BCUT2D eigenvalue weighted by Crippen LogP contribution is -2.50. The number of hydrogen-bond acceptors (Lipinski definition) is 5. The second-order valence-electron chi connectivity index (χ2n) is 7.61. The van der Waals surface area contributed by atoms with Crippen molar-refractivity contribution in [1.29, 1.82) is 0 Å². The maximum atomic E-state index is 14.3. The highest BCUT2D eigenvalue weighted by molar-refractivity contribution is 8.00. The van der Waals surface area contributed by atoms with E-state index in [0.29, 0.717) is 16.8 Å². The van der Waals surface area contributed by atoms with Crippen LogP contribution in [0.4, 0.5) is 43.9 Å². The van der Waals surface area contributed by atoms with E-state index in [4.69, 9.17) is 23.2 Å². The number of halogens is 12. The van der Waals surface area contributed by atoms with Crippen LogP contribution in [0.25, 0.3) is 5.82 Å². The van der Waals surface area contributed by atoms with E-state index in [-0.39, 0.29) is 10.8 Å². The van der Waals surface area contributed by atoms with Gasteiger partial charge in [-0.2, -0.15) is 44.2 Å². The second kappa shape index (κ2) is 10.6. The number of pyridine rings is 1. The number of thioether (sulfide) groups is 1. The molecular formula is C20H11Cl2F10N5OS. The smallest absolute Gasteiger partial charge is 0.342 e. The van der Waals surface area contributed by atoms with Crippen LogP contribution in [0.2, 0.25) is 10.0 Å². The highest BCUT2D eigenvalue weighted by atomic mass is 35.5. The summed E-state index contributed by atoms with van der Waals surface area (Å²) in [6, 6.07) is 2.82. The van der Waals surface area contributed by atoms with Crippen LogP contribution < -0.4 is 5.32 Å². The van der Waals surface area contributed by atoms with Gasteiger partial charge in [-0.3, -0.25) is 4.79 Å². The van der Waals surface area contributed by atoms with Crippen LogP contribution in [0.1, 0.15) is 34.7 Å². The third-order valence-electron chi connectivity index (χ3n) is 4.72. The lowest BCUT2D eigenvalue weighted by atomic mass is 10.1. The number of carbonyl (C=O) groups is 1. The van der Waals surface area contributed by atoms with Crippen LogP contribution in [0.5, 0.6) is 0 Å². The summed E-state index contributed by atoms with van der Waals surface area (Å²) in [6.45, 7) is 1.13. The predicted octanol–water partition coefficient (Wildman–Crippen LogP) is 7.36. The summed E-state index contributed by atoms with van der Waals surface area (Å²) < 4.78 is 133. The number of aromatic nitrogens is 4. The van der Waals surface area contributed by atoms with Gasteiger partial charge in [0.1, 0.15) is 0 Å². The highest BCUT2D eigenvalue weighted by Crippen LogP contribution is 2.55. The molecule has 39 heavy (non-hydrogen) atoms. The van der Waals surface area contributed by atoms with Crippen molar-refractivity contribution >= 4 is 40.9 Å². The average Bonchev–Trinajstić information content (AvgIpc) is 3.20. The van der Waals surface area contributed by atoms with Crippen molar-refractivity contribution in [1.82, 2.24) is 25.1 Å². The SMILES string of the molecule is CC(NC(=O)c1cc(Cl)cc(C(F)(F)F)c1)c1nc(SC(F)(C(F)(F)F)C(F)(F)F)nn1-c1ccc(Cl)cn1. The van der Waals surface area contributed by atoms with E-state index >= 15 is 0 Å². The molecular weight excluding hydrogens is 619 g/mol. The minimum absolute atomic E-state index is 0.0784. The first-order valence-corrected chi connectivity index (χ1v) is 11.6. The maximum Gasteiger partial charge on any atom is 0.442 e. The Balaban J connectivity index is 2.03. The van der Waals surface area contributed by atoms with Crippen LogP contribution >= 0.6 is 35.0 Å². The van der Waals surface area contributed by atoms with Gasteiger partial charge in [0.2, 0.25) is 5.16 Å². The Labute approximate surface area is 225 Å². The lowest BCUT2D eigenvalue weighted by molar-refractivity contribution is -0.302. The number of hydrogen-bond donors (Lipinski definition) is 1. The van der Waals surface area contributed by atoms with Crippen LogP contribution in [-0.2, 0) is 6.18 Å². The molecule has 1 N–H and O–H groups in total. The fraction of sp³-hybridized carbons (Fsp3) is 0.300. The van der Waals surface area contributed by atoms with Crippen LogP contribution in [-0.4, -0.2) is 43.0 Å². The van der Waals surface area contributed by atoms with Crippen molar-refractivity contribution < 1.29 is 48.7 Å². The Morgan fingerprint density at radius 3 is 2.08 bits per heavy atom. The molecule has 1 atom stereocenters. The summed E-state index contributed by atoms with van der Waals surface area (Å²) in [5.74, 6) is -1.99. The first kappa shape index (κ1) is 30.7. The van der Waals surface area contributed by atoms with Crippen molar-refractivity contribution in [3.8, 4) is 5.82 Å². The Morgan fingerprint density at radius 2 is 1.56 bits per heavy atom. The Bertz CT molecular complexity index is 1340. The molecule has 0 aliphatic carbocycles. The molecule has 0 spiro atoms. The van der Waals surface area contributed by atoms with E-state index in [2.05, 4.69) is 20.4 Å². The van der Waals surface area contributed by atoms with Crippen molar-refractivity contribution in [3.05, 3.63) is 63.5 Å². The normalized spacial score (nSPS) is 13.9. The van der Waals surface area contributed by atoms with E-state index in [1.807, 2.05) is 0 Å². The van der Waals surface area contributed by atoms with Crippen molar-refractivity contribution in [3.63, 3.8) is 0 Å². The summed E-state index contributed by atoms with van der Waals surface area (Å²) in [5.41, 5.74) is -1.84. The zero-order chi connectivity index (χ0) is 29.6. The molecule has 1 aromatic carbocycles. The average molecular weight is 630 g/mol. The number of rotatable bonds is 6. The van der Waals surface area contributed by atoms with Gasteiger partial charge in [-0.1, -0.05) is 23.2 Å². The van der Waals surface area contributed by atoms with Crippen molar-refractivity contribution in [2.24, 2.45) is 0 Å². The lowest BCUT2D eigenvalue weighted by Gasteiger charge is -2.27. The van der Waals surface area contributed by atoms with Gasteiger partial charge in [0.05, 0.1) is 16.6 Å². The fourth-order valence-corrected chi connectivity index (χ4v) is 4.01. The number of amides is 1. The van der Waals surface area contributed by atoms with Gasteiger partial charge >= 0.3 is 23.5 Å². The Morgan fingerprint density at radius 1 is 0.949 bits per heavy atom. The molecule has 3 rings (SSSR count). The molecule has 0 fully saturated rings. The third-order valence-corrected chi connectivity index (χ3v) is 6.27. The van der Waals surface area contributed by atoms with Crippen LogP contribution in [0.15, 0.2) is 41.7 Å². The third kappa shape index (κ3) is 6.69. The molecule has 212 valence electrons. The molecule has 0 saturated heterocycles. The first-order chi connectivity index (χ1) is 17.7. The molecule has 19 heteroatoms. The van der Waals surface area contributed by atoms with Gasteiger partial charge in [0, 0.05) is 16.8 Å². The Kier molecular flexibility index (Phi) is 8.39. The maximum absolute atomic E-state index is 14.3. The number of alkyl halides is 10. The molecule has 2 heterocycles. The predicted molar refractivity (Wildman–Crippen MR) is 118 cm³/mol. The number of carbonyl (C=O) groups excluding carboxylic acids is 1. The second-order valence-corrected chi connectivity index (χ2v) is 9.62. The number of benzene rings is 1. The minimum Gasteiger partial charge on any atom is -0.342 e. The van der Waals surface area contributed by atoms with E-state index in [9.17, 15) is 48.7 Å². The van der Waals surface area contributed by atoms with Crippen LogP contribution in [0.3, 0.4) is 0 Å². The van der Waals surface area contributed by atoms with Gasteiger partial charge in [0.15, 0.2) is 11.6 Å². The molecule has 0 bridgehead atoms. The fourth-order valence-electron chi connectivity index (χ4n) is 2.92. The van der Waals surface area contributed by atoms with Crippen molar-refractivity contribution in [2.45, 2.75) is 41.7 Å². The van der Waals surface area contributed by atoms with Crippen molar-refractivity contribution in [2.75, 3.05) is 0 Å². The zero-order valence-corrected chi connectivity index (χ0v) is 21.0. The Hall–Kier alpha value is -2.79. The topological polar surface area (TPSA) is 72.7 Å². The van der Waals surface area contributed by atoms with Crippen LogP contribution in [0, 0.1) is 0 Å². The molecule has 0 aliphatic rings. The van der Waals surface area contributed by atoms with Gasteiger partial charge < -0.3 is 5.32 Å². The van der Waals surface area contributed by atoms with E-state index in [1.165, 1.54) is 6.07 Å². The molecule has 2 aromatic heterocycles. The molecule has 1 unspecified atom stereocenters. The monoisotopic (exact) mass is 629 g/mol. The molecule has 1 amide bonds. The van der Waals surface area contributed by atoms with Gasteiger partial charge in [-0.15, -0.1) is 5.10 Å². The molecule has 0 radical (unpaired) electrons. The number of nitrogens with zero attached hydrogens (tertiary/aromatic N) is 4. The van der Waals surface area contributed by atoms with E-state index in [0.717, 1.165) is 25.3 Å².